The molecule has 20 heavy (non-hydrogen) atoms. The Balaban J connectivity index is 2.30. The molecule has 0 unspecified atom stereocenters. The van der Waals surface area contributed by atoms with Crippen LogP contribution in [0.1, 0.15) is 26.7 Å². The smallest absolute Gasteiger partial charge is 0.409 e. The van der Waals surface area contributed by atoms with E-state index in [0.717, 1.165) is 0 Å². The molecular formula is C12H21N3O5. The normalized spacial score (nSPS) is 17.2. The van der Waals surface area contributed by atoms with Gasteiger partial charge in [0.05, 0.1) is 6.61 Å². The number of rotatable bonds is 4. The highest BCUT2D eigenvalue weighted by Gasteiger charge is 2.25. The molecule has 1 saturated heterocycles. The van der Waals surface area contributed by atoms with Gasteiger partial charge in [-0.2, -0.15) is 0 Å². The zero-order valence-corrected chi connectivity index (χ0v) is 11.7. The highest BCUT2D eigenvalue weighted by Crippen LogP contribution is 2.11. The summed E-state index contributed by atoms with van der Waals surface area (Å²) < 4.78 is 4.90. The number of carbonyl (C=O) groups is 3. The molecule has 0 aromatic rings. The highest BCUT2D eigenvalue weighted by atomic mass is 16.6. The number of nitrogens with one attached hydrogen (secondary N) is 2. The number of nitrogens with zero attached hydrogens (tertiary/aromatic N) is 1. The van der Waals surface area contributed by atoms with Crippen LogP contribution >= 0.6 is 0 Å². The SMILES string of the molecule is CCOC(=O)N1CCC(NC(=O)N[C@@H](C)C(=O)O)CC1. The molecule has 1 atom stereocenters. The molecule has 0 saturated carbocycles. The van der Waals surface area contributed by atoms with Crippen molar-refractivity contribution in [3.63, 3.8) is 0 Å². The minimum Gasteiger partial charge on any atom is -0.480 e. The molecule has 0 spiro atoms. The first-order chi connectivity index (χ1) is 9.43. The van der Waals surface area contributed by atoms with Gasteiger partial charge in [0.25, 0.3) is 0 Å². The second-order valence-corrected chi connectivity index (χ2v) is 4.64. The van der Waals surface area contributed by atoms with Crippen molar-refractivity contribution >= 4 is 18.1 Å². The van der Waals surface area contributed by atoms with E-state index >= 15 is 0 Å². The fourth-order valence-corrected chi connectivity index (χ4v) is 1.91. The lowest BCUT2D eigenvalue weighted by Gasteiger charge is -2.31. The lowest BCUT2D eigenvalue weighted by atomic mass is 10.1. The number of amides is 3. The summed E-state index contributed by atoms with van der Waals surface area (Å²) in [6.45, 7) is 4.51. The summed E-state index contributed by atoms with van der Waals surface area (Å²) in [6, 6.07) is -1.51. The van der Waals surface area contributed by atoms with Crippen molar-refractivity contribution in [2.45, 2.75) is 38.8 Å². The first kappa shape index (κ1) is 16.1. The number of hydrogen-bond acceptors (Lipinski definition) is 4. The van der Waals surface area contributed by atoms with E-state index in [1.54, 1.807) is 11.8 Å². The minimum atomic E-state index is -1.09. The van der Waals surface area contributed by atoms with Crippen molar-refractivity contribution < 1.29 is 24.2 Å². The molecule has 0 radical (unpaired) electrons. The van der Waals surface area contributed by atoms with Gasteiger partial charge in [-0.1, -0.05) is 0 Å². The summed E-state index contributed by atoms with van der Waals surface area (Å²) in [5.41, 5.74) is 0. The van der Waals surface area contributed by atoms with Gasteiger partial charge < -0.3 is 25.4 Å². The fraction of sp³-hybridized carbons (Fsp3) is 0.750. The maximum Gasteiger partial charge on any atom is 0.409 e. The van der Waals surface area contributed by atoms with Crippen molar-refractivity contribution in [3.05, 3.63) is 0 Å². The molecule has 0 aromatic heterocycles. The van der Waals surface area contributed by atoms with Crippen molar-refractivity contribution in [1.82, 2.24) is 15.5 Å². The number of ether oxygens (including phenoxy) is 1. The summed E-state index contributed by atoms with van der Waals surface area (Å²) in [4.78, 5) is 35.2. The lowest BCUT2D eigenvalue weighted by Crippen LogP contribution is -2.51. The maximum atomic E-state index is 11.6. The summed E-state index contributed by atoms with van der Waals surface area (Å²) >= 11 is 0. The molecule has 0 aromatic carbocycles. The van der Waals surface area contributed by atoms with Crippen LogP contribution in [0, 0.1) is 0 Å². The van der Waals surface area contributed by atoms with E-state index in [4.69, 9.17) is 9.84 Å². The van der Waals surface area contributed by atoms with Gasteiger partial charge in [-0.25, -0.2) is 9.59 Å². The molecule has 3 amide bonds. The predicted octanol–water partition coefficient (Wildman–Crippen LogP) is 0.380. The topological polar surface area (TPSA) is 108 Å². The summed E-state index contributed by atoms with van der Waals surface area (Å²) in [6.07, 6.45) is 0.899. The Morgan fingerprint density at radius 1 is 1.35 bits per heavy atom. The molecule has 0 bridgehead atoms. The Kier molecular flexibility index (Phi) is 6.08. The maximum absolute atomic E-state index is 11.6. The summed E-state index contributed by atoms with van der Waals surface area (Å²) in [5, 5.41) is 13.7. The third kappa shape index (κ3) is 4.94. The molecule has 1 heterocycles. The van der Waals surface area contributed by atoms with E-state index in [9.17, 15) is 14.4 Å². The average Bonchev–Trinajstić information content (AvgIpc) is 2.39. The van der Waals surface area contributed by atoms with Crippen molar-refractivity contribution in [2.75, 3.05) is 19.7 Å². The number of piperidine rings is 1. The second-order valence-electron chi connectivity index (χ2n) is 4.64. The standard InChI is InChI=1S/C12H21N3O5/c1-3-20-12(19)15-6-4-9(5-7-15)14-11(18)13-8(2)10(16)17/h8-9H,3-7H2,1-2H3,(H,16,17)(H2,13,14,18)/t8-/m0/s1. The molecule has 3 N–H and O–H groups in total. The van der Waals surface area contributed by atoms with Crippen molar-refractivity contribution in [1.29, 1.82) is 0 Å². The lowest BCUT2D eigenvalue weighted by molar-refractivity contribution is -0.138. The molecular weight excluding hydrogens is 266 g/mol. The van der Waals surface area contributed by atoms with Crippen LogP contribution in [0.3, 0.4) is 0 Å². The average molecular weight is 287 g/mol. The number of carbonyl (C=O) groups excluding carboxylic acids is 2. The zero-order valence-electron chi connectivity index (χ0n) is 11.7. The Hall–Kier alpha value is -1.99. The molecule has 1 aliphatic heterocycles. The third-order valence-corrected chi connectivity index (χ3v) is 3.07. The number of carboxylic acids is 1. The van der Waals surface area contributed by atoms with Crippen molar-refractivity contribution in [3.8, 4) is 0 Å². The highest BCUT2D eigenvalue weighted by molar-refractivity contribution is 5.82. The Morgan fingerprint density at radius 3 is 2.45 bits per heavy atom. The van der Waals surface area contributed by atoms with Crippen molar-refractivity contribution in [2.24, 2.45) is 0 Å². The Morgan fingerprint density at radius 2 is 1.95 bits per heavy atom. The molecule has 114 valence electrons. The largest absolute Gasteiger partial charge is 0.480 e. The molecule has 1 fully saturated rings. The van der Waals surface area contributed by atoms with Crippen LogP contribution in [-0.2, 0) is 9.53 Å². The number of urea groups is 1. The molecule has 8 heteroatoms. The number of aliphatic carboxylic acids is 1. The minimum absolute atomic E-state index is 0.0679. The summed E-state index contributed by atoms with van der Waals surface area (Å²) in [7, 11) is 0. The van der Waals surface area contributed by atoms with E-state index in [2.05, 4.69) is 10.6 Å². The van der Waals surface area contributed by atoms with E-state index in [1.807, 2.05) is 0 Å². The molecule has 1 aliphatic rings. The number of hydrogen-bond donors (Lipinski definition) is 3. The van der Waals surface area contributed by atoms with E-state index in [1.165, 1.54) is 6.92 Å². The Labute approximate surface area is 117 Å². The first-order valence-corrected chi connectivity index (χ1v) is 6.65. The molecule has 1 rings (SSSR count). The molecule has 8 nitrogen and oxygen atoms in total. The van der Waals surface area contributed by atoms with Crippen LogP contribution in [0.15, 0.2) is 0 Å². The van der Waals surface area contributed by atoms with Gasteiger partial charge in [-0.05, 0) is 26.7 Å². The zero-order chi connectivity index (χ0) is 15.1. The Bertz CT molecular complexity index is 366. The third-order valence-electron chi connectivity index (χ3n) is 3.07. The van der Waals surface area contributed by atoms with E-state index < -0.39 is 18.0 Å². The van der Waals surface area contributed by atoms with E-state index in [0.29, 0.717) is 32.5 Å². The molecule has 0 aliphatic carbocycles. The van der Waals surface area contributed by atoms with Gasteiger partial charge in [0.2, 0.25) is 0 Å². The predicted molar refractivity (Wildman–Crippen MR) is 70.4 cm³/mol. The second kappa shape index (κ2) is 7.56. The van der Waals surface area contributed by atoms with Crippen LogP contribution in [0.4, 0.5) is 9.59 Å². The fourth-order valence-electron chi connectivity index (χ4n) is 1.91. The number of likely N-dealkylation sites (tertiary alicyclic amines) is 1. The van der Waals surface area contributed by atoms with Gasteiger partial charge in [0, 0.05) is 19.1 Å². The van der Waals surface area contributed by atoms with Gasteiger partial charge in [0.1, 0.15) is 6.04 Å². The van der Waals surface area contributed by atoms with Gasteiger partial charge in [-0.15, -0.1) is 0 Å². The van der Waals surface area contributed by atoms with Gasteiger partial charge >= 0.3 is 18.1 Å². The monoisotopic (exact) mass is 287 g/mol. The van der Waals surface area contributed by atoms with Crippen LogP contribution < -0.4 is 10.6 Å². The quantitative estimate of drug-likeness (QED) is 0.692. The van der Waals surface area contributed by atoms with Gasteiger partial charge in [-0.3, -0.25) is 4.79 Å². The first-order valence-electron chi connectivity index (χ1n) is 6.65. The van der Waals surface area contributed by atoms with Crippen LogP contribution in [0.2, 0.25) is 0 Å². The van der Waals surface area contributed by atoms with E-state index in [-0.39, 0.29) is 12.1 Å². The van der Waals surface area contributed by atoms with Crippen LogP contribution in [0.25, 0.3) is 0 Å². The number of carboxylic acid groups (broad SMARTS) is 1. The summed E-state index contributed by atoms with van der Waals surface area (Å²) in [5.74, 6) is -1.09. The van der Waals surface area contributed by atoms with Crippen LogP contribution in [0.5, 0.6) is 0 Å². The van der Waals surface area contributed by atoms with Crippen LogP contribution in [-0.4, -0.2) is 59.9 Å². The van der Waals surface area contributed by atoms with Gasteiger partial charge in [0.15, 0.2) is 0 Å².